The van der Waals surface area contributed by atoms with Crippen molar-refractivity contribution in [2.24, 2.45) is 23.2 Å². The van der Waals surface area contributed by atoms with Crippen LogP contribution in [0.2, 0.25) is 0 Å². The van der Waals surface area contributed by atoms with Crippen molar-refractivity contribution in [3.63, 3.8) is 0 Å². The van der Waals surface area contributed by atoms with E-state index in [0.717, 1.165) is 36.4 Å². The summed E-state index contributed by atoms with van der Waals surface area (Å²) in [6.07, 6.45) is 13.4. The van der Waals surface area contributed by atoms with Crippen molar-refractivity contribution < 1.29 is 10.0 Å². The summed E-state index contributed by atoms with van der Waals surface area (Å²) in [4.78, 5) is 11.0. The average molecular weight is 354 g/mol. The highest BCUT2D eigenvalue weighted by Crippen LogP contribution is 2.61. The van der Waals surface area contributed by atoms with Gasteiger partial charge in [-0.05, 0) is 91.9 Å². The summed E-state index contributed by atoms with van der Waals surface area (Å²) in [5.41, 5.74) is 4.46. The third-order valence-electron chi connectivity index (χ3n) is 6.84. The summed E-state index contributed by atoms with van der Waals surface area (Å²) in [6.45, 7) is 2.01. The normalized spacial score (nSPS) is 32.3. The molecule has 1 aromatic carbocycles. The van der Waals surface area contributed by atoms with Crippen molar-refractivity contribution in [3.8, 4) is 0 Å². The summed E-state index contributed by atoms with van der Waals surface area (Å²) < 4.78 is 0. The second kappa shape index (κ2) is 7.53. The molecular formula is C22H30N2O2. The van der Waals surface area contributed by atoms with Gasteiger partial charge in [0.25, 0.3) is 5.91 Å². The molecule has 3 N–H and O–H groups in total. The summed E-state index contributed by atoms with van der Waals surface area (Å²) in [5, 5.41) is 12.1. The van der Waals surface area contributed by atoms with Crippen LogP contribution in [0.25, 0.3) is 6.08 Å². The Hall–Kier alpha value is -1.65. The van der Waals surface area contributed by atoms with Crippen LogP contribution >= 0.6 is 0 Å². The van der Waals surface area contributed by atoms with E-state index in [2.05, 4.69) is 17.4 Å². The molecule has 140 valence electrons. The van der Waals surface area contributed by atoms with Crippen molar-refractivity contribution in [1.82, 2.24) is 10.8 Å². The predicted octanol–water partition coefficient (Wildman–Crippen LogP) is 3.90. The van der Waals surface area contributed by atoms with Crippen molar-refractivity contribution in [2.75, 3.05) is 6.54 Å². The molecule has 26 heavy (non-hydrogen) atoms. The Morgan fingerprint density at radius 2 is 1.69 bits per heavy atom. The molecule has 0 heterocycles. The third kappa shape index (κ3) is 4.02. The van der Waals surface area contributed by atoms with Crippen LogP contribution < -0.4 is 10.8 Å². The van der Waals surface area contributed by atoms with Crippen molar-refractivity contribution >= 4 is 12.0 Å². The first-order valence-corrected chi connectivity index (χ1v) is 10.1. The van der Waals surface area contributed by atoms with Crippen LogP contribution in [0.15, 0.2) is 30.3 Å². The third-order valence-corrected chi connectivity index (χ3v) is 6.84. The fourth-order valence-electron chi connectivity index (χ4n) is 6.14. The first-order valence-electron chi connectivity index (χ1n) is 10.1. The van der Waals surface area contributed by atoms with E-state index < -0.39 is 5.91 Å². The van der Waals surface area contributed by atoms with E-state index in [-0.39, 0.29) is 0 Å². The summed E-state index contributed by atoms with van der Waals surface area (Å²) in [7, 11) is 0. The van der Waals surface area contributed by atoms with Crippen LogP contribution in [-0.4, -0.2) is 17.7 Å². The molecule has 4 aliphatic rings. The van der Waals surface area contributed by atoms with Gasteiger partial charge in [-0.25, -0.2) is 5.48 Å². The van der Waals surface area contributed by atoms with E-state index in [1.165, 1.54) is 56.6 Å². The van der Waals surface area contributed by atoms with Crippen molar-refractivity contribution in [3.05, 3.63) is 41.5 Å². The van der Waals surface area contributed by atoms with Gasteiger partial charge < -0.3 is 5.32 Å². The average Bonchev–Trinajstić information content (AvgIpc) is 2.63. The van der Waals surface area contributed by atoms with Crippen LogP contribution in [0.5, 0.6) is 0 Å². The SMILES string of the molecule is O=C(/C=C/c1ccc(CNCCC23CC4CC(CC(C4)C2)C3)cc1)NO. The Morgan fingerprint density at radius 1 is 1.08 bits per heavy atom. The van der Waals surface area contributed by atoms with Crippen LogP contribution in [-0.2, 0) is 11.3 Å². The fraction of sp³-hybridized carbons (Fsp3) is 0.591. The lowest BCUT2D eigenvalue weighted by molar-refractivity contribution is -0.124. The number of nitrogens with one attached hydrogen (secondary N) is 2. The molecule has 5 rings (SSSR count). The van der Waals surface area contributed by atoms with E-state index in [9.17, 15) is 4.79 Å². The molecule has 1 amide bonds. The molecular weight excluding hydrogens is 324 g/mol. The maximum atomic E-state index is 11.0. The number of amides is 1. The zero-order valence-electron chi connectivity index (χ0n) is 15.4. The van der Waals surface area contributed by atoms with E-state index in [0.29, 0.717) is 5.41 Å². The number of hydroxylamine groups is 1. The fourth-order valence-corrected chi connectivity index (χ4v) is 6.14. The summed E-state index contributed by atoms with van der Waals surface area (Å²) in [5.74, 6) is 2.60. The Balaban J connectivity index is 1.23. The quantitative estimate of drug-likeness (QED) is 0.301. The van der Waals surface area contributed by atoms with Gasteiger partial charge in [0.05, 0.1) is 0 Å². The van der Waals surface area contributed by atoms with E-state index in [1.54, 1.807) is 11.6 Å². The number of hydrogen-bond acceptors (Lipinski definition) is 3. The predicted molar refractivity (Wildman–Crippen MR) is 102 cm³/mol. The van der Waals surface area contributed by atoms with Crippen molar-refractivity contribution in [1.29, 1.82) is 0 Å². The zero-order valence-corrected chi connectivity index (χ0v) is 15.4. The molecule has 0 unspecified atom stereocenters. The largest absolute Gasteiger partial charge is 0.313 e. The van der Waals surface area contributed by atoms with Crippen LogP contribution in [0.1, 0.15) is 56.1 Å². The Kier molecular flexibility index (Phi) is 5.14. The highest BCUT2D eigenvalue weighted by atomic mass is 16.5. The summed E-state index contributed by atoms with van der Waals surface area (Å²) >= 11 is 0. The highest BCUT2D eigenvalue weighted by molar-refractivity contribution is 5.90. The van der Waals surface area contributed by atoms with E-state index >= 15 is 0 Å². The van der Waals surface area contributed by atoms with Gasteiger partial charge >= 0.3 is 0 Å². The summed E-state index contributed by atoms with van der Waals surface area (Å²) in [6, 6.07) is 8.18. The van der Waals surface area contributed by atoms with Gasteiger partial charge in [-0.15, -0.1) is 0 Å². The lowest BCUT2D eigenvalue weighted by atomic mass is 9.49. The molecule has 4 nitrogen and oxygen atoms in total. The van der Waals surface area contributed by atoms with Crippen LogP contribution in [0.4, 0.5) is 0 Å². The van der Waals surface area contributed by atoms with Crippen molar-refractivity contribution in [2.45, 2.75) is 51.5 Å². The van der Waals surface area contributed by atoms with E-state index in [4.69, 9.17) is 5.21 Å². The van der Waals surface area contributed by atoms with Gasteiger partial charge in [-0.1, -0.05) is 24.3 Å². The maximum Gasteiger partial charge on any atom is 0.267 e. The number of benzene rings is 1. The van der Waals surface area contributed by atoms with Gasteiger partial charge in [0, 0.05) is 12.6 Å². The molecule has 0 aromatic heterocycles. The standard InChI is InChI=1S/C22H30N2O2/c25-21(24-26)6-5-16-1-3-17(4-2-16)15-23-8-7-22-12-18-9-19(13-22)11-20(10-18)14-22/h1-6,18-20,23,26H,7-15H2,(H,24,25)/b6-5+. The molecule has 4 saturated carbocycles. The number of carbonyl (C=O) groups is 1. The van der Waals surface area contributed by atoms with Gasteiger partial charge in [0.2, 0.25) is 0 Å². The van der Waals surface area contributed by atoms with Crippen LogP contribution in [0.3, 0.4) is 0 Å². The molecule has 0 saturated heterocycles. The molecule has 4 heteroatoms. The minimum absolute atomic E-state index is 0.514. The molecule has 1 aromatic rings. The topological polar surface area (TPSA) is 61.4 Å². The maximum absolute atomic E-state index is 11.0. The molecule has 4 fully saturated rings. The molecule has 0 radical (unpaired) electrons. The van der Waals surface area contributed by atoms with E-state index in [1.807, 2.05) is 12.1 Å². The number of rotatable bonds is 7. The first-order chi connectivity index (χ1) is 12.6. The zero-order chi connectivity index (χ0) is 18.0. The monoisotopic (exact) mass is 354 g/mol. The molecule has 4 aliphatic carbocycles. The molecule has 0 aliphatic heterocycles. The lowest BCUT2D eigenvalue weighted by Crippen LogP contribution is -2.47. The smallest absolute Gasteiger partial charge is 0.267 e. The first kappa shape index (κ1) is 17.7. The minimum atomic E-state index is -0.514. The van der Waals surface area contributed by atoms with Crippen LogP contribution in [0, 0.1) is 23.2 Å². The molecule has 0 atom stereocenters. The molecule has 4 bridgehead atoms. The van der Waals surface area contributed by atoms with Gasteiger partial charge in [0.1, 0.15) is 0 Å². The van der Waals surface area contributed by atoms with Gasteiger partial charge in [-0.3, -0.25) is 10.0 Å². The van der Waals surface area contributed by atoms with Gasteiger partial charge in [-0.2, -0.15) is 0 Å². The molecule has 0 spiro atoms. The Bertz CT molecular complexity index is 630. The Morgan fingerprint density at radius 3 is 2.27 bits per heavy atom. The number of carbonyl (C=O) groups excluding carboxylic acids is 1. The van der Waals surface area contributed by atoms with Gasteiger partial charge in [0.15, 0.2) is 0 Å². The highest BCUT2D eigenvalue weighted by Gasteiger charge is 2.50. The second-order valence-electron chi connectivity index (χ2n) is 8.90. The minimum Gasteiger partial charge on any atom is -0.313 e. The number of hydrogen-bond donors (Lipinski definition) is 3. The Labute approximate surface area is 156 Å². The second-order valence-corrected chi connectivity index (χ2v) is 8.90. The lowest BCUT2D eigenvalue weighted by Gasteiger charge is -2.57.